The molecule has 1 aromatic rings. The SMILES string of the molecule is CC(CNC(=O)NC(C(=O)O)c1cnn(C)c1)N(C)C. The summed E-state index contributed by atoms with van der Waals surface area (Å²) in [6.07, 6.45) is 2.98. The summed E-state index contributed by atoms with van der Waals surface area (Å²) >= 11 is 0. The van der Waals surface area contributed by atoms with Gasteiger partial charge in [0.15, 0.2) is 6.04 Å². The number of aromatic nitrogens is 2. The summed E-state index contributed by atoms with van der Waals surface area (Å²) in [6, 6.07) is -1.48. The van der Waals surface area contributed by atoms with Crippen LogP contribution in [0.15, 0.2) is 12.4 Å². The molecule has 0 radical (unpaired) electrons. The molecule has 2 unspecified atom stereocenters. The molecule has 112 valence electrons. The van der Waals surface area contributed by atoms with Crippen LogP contribution in [0.5, 0.6) is 0 Å². The highest BCUT2D eigenvalue weighted by Gasteiger charge is 2.23. The highest BCUT2D eigenvalue weighted by Crippen LogP contribution is 2.11. The van der Waals surface area contributed by atoms with E-state index in [1.807, 2.05) is 25.9 Å². The van der Waals surface area contributed by atoms with E-state index in [2.05, 4.69) is 15.7 Å². The molecule has 0 aliphatic heterocycles. The molecule has 0 fully saturated rings. The Morgan fingerprint density at radius 2 is 2.15 bits per heavy atom. The summed E-state index contributed by atoms with van der Waals surface area (Å²) < 4.78 is 1.49. The van der Waals surface area contributed by atoms with Crippen molar-refractivity contribution in [1.82, 2.24) is 25.3 Å². The molecular weight excluding hydrogens is 262 g/mol. The largest absolute Gasteiger partial charge is 0.479 e. The fourth-order valence-corrected chi connectivity index (χ4v) is 1.48. The van der Waals surface area contributed by atoms with Gasteiger partial charge in [0, 0.05) is 31.4 Å². The Morgan fingerprint density at radius 1 is 1.50 bits per heavy atom. The highest BCUT2D eigenvalue weighted by atomic mass is 16.4. The minimum Gasteiger partial charge on any atom is -0.479 e. The molecule has 8 nitrogen and oxygen atoms in total. The van der Waals surface area contributed by atoms with Gasteiger partial charge in [0.25, 0.3) is 0 Å². The van der Waals surface area contributed by atoms with Gasteiger partial charge in [-0.2, -0.15) is 5.10 Å². The van der Waals surface area contributed by atoms with E-state index in [1.54, 1.807) is 13.2 Å². The van der Waals surface area contributed by atoms with Crippen LogP contribution in [0.4, 0.5) is 4.79 Å². The van der Waals surface area contributed by atoms with Crippen LogP contribution >= 0.6 is 0 Å². The first-order valence-electron chi connectivity index (χ1n) is 6.23. The van der Waals surface area contributed by atoms with Crippen LogP contribution in [0, 0.1) is 0 Å². The van der Waals surface area contributed by atoms with Crippen molar-refractivity contribution in [2.24, 2.45) is 7.05 Å². The molecule has 0 aromatic carbocycles. The summed E-state index contributed by atoms with van der Waals surface area (Å²) in [7, 11) is 5.49. The fraction of sp³-hybridized carbons (Fsp3) is 0.583. The molecule has 2 atom stereocenters. The van der Waals surface area contributed by atoms with Crippen LogP contribution in [0.2, 0.25) is 0 Å². The van der Waals surface area contributed by atoms with Crippen molar-refractivity contribution in [3.8, 4) is 0 Å². The second-order valence-corrected chi connectivity index (χ2v) is 4.89. The second kappa shape index (κ2) is 6.90. The molecule has 1 heterocycles. The van der Waals surface area contributed by atoms with Crippen molar-refractivity contribution < 1.29 is 14.7 Å². The van der Waals surface area contributed by atoms with Crippen molar-refractivity contribution in [2.45, 2.75) is 19.0 Å². The molecule has 0 aliphatic carbocycles. The van der Waals surface area contributed by atoms with E-state index in [4.69, 9.17) is 5.11 Å². The molecule has 20 heavy (non-hydrogen) atoms. The Kier molecular flexibility index (Phi) is 5.51. The van der Waals surface area contributed by atoms with Crippen LogP contribution in [0.3, 0.4) is 0 Å². The zero-order valence-corrected chi connectivity index (χ0v) is 12.1. The summed E-state index contributed by atoms with van der Waals surface area (Å²) in [5, 5.41) is 18.1. The lowest BCUT2D eigenvalue weighted by Crippen LogP contribution is -2.45. The van der Waals surface area contributed by atoms with E-state index in [9.17, 15) is 9.59 Å². The van der Waals surface area contributed by atoms with E-state index in [-0.39, 0.29) is 6.04 Å². The van der Waals surface area contributed by atoms with Gasteiger partial charge in [0.05, 0.1) is 6.20 Å². The van der Waals surface area contributed by atoms with Crippen molar-refractivity contribution in [2.75, 3.05) is 20.6 Å². The second-order valence-electron chi connectivity index (χ2n) is 4.89. The number of aliphatic carboxylic acids is 1. The van der Waals surface area contributed by atoms with Crippen molar-refractivity contribution >= 4 is 12.0 Å². The van der Waals surface area contributed by atoms with Gasteiger partial charge < -0.3 is 20.6 Å². The predicted molar refractivity (Wildman–Crippen MR) is 73.3 cm³/mol. The fourth-order valence-electron chi connectivity index (χ4n) is 1.48. The summed E-state index contributed by atoms with van der Waals surface area (Å²) in [4.78, 5) is 24.9. The van der Waals surface area contributed by atoms with E-state index in [0.717, 1.165) is 0 Å². The number of carboxylic acid groups (broad SMARTS) is 1. The van der Waals surface area contributed by atoms with E-state index in [0.29, 0.717) is 12.1 Å². The zero-order valence-electron chi connectivity index (χ0n) is 12.1. The van der Waals surface area contributed by atoms with Crippen LogP contribution in [-0.4, -0.2) is 58.5 Å². The molecular formula is C12H21N5O3. The normalized spacial score (nSPS) is 13.8. The molecule has 0 bridgehead atoms. The number of hydrogen-bond donors (Lipinski definition) is 3. The maximum Gasteiger partial charge on any atom is 0.331 e. The Labute approximate surface area is 117 Å². The van der Waals surface area contributed by atoms with Gasteiger partial charge in [0.1, 0.15) is 0 Å². The lowest BCUT2D eigenvalue weighted by molar-refractivity contribution is -0.139. The predicted octanol–water partition coefficient (Wildman–Crippen LogP) is -0.205. The summed E-state index contributed by atoms with van der Waals surface area (Å²) in [5.41, 5.74) is 0.427. The third kappa shape index (κ3) is 4.54. The monoisotopic (exact) mass is 283 g/mol. The zero-order chi connectivity index (χ0) is 15.3. The first-order valence-corrected chi connectivity index (χ1v) is 6.23. The van der Waals surface area contributed by atoms with Gasteiger partial charge >= 0.3 is 12.0 Å². The number of rotatable bonds is 6. The summed E-state index contributed by atoms with van der Waals surface area (Å²) in [6.45, 7) is 2.38. The third-order valence-corrected chi connectivity index (χ3v) is 3.02. The number of likely N-dealkylation sites (N-methyl/N-ethyl adjacent to an activating group) is 1. The van der Waals surface area contributed by atoms with Gasteiger partial charge in [-0.3, -0.25) is 4.68 Å². The third-order valence-electron chi connectivity index (χ3n) is 3.02. The van der Waals surface area contributed by atoms with Crippen molar-refractivity contribution in [1.29, 1.82) is 0 Å². The van der Waals surface area contributed by atoms with Crippen LogP contribution < -0.4 is 10.6 Å². The number of nitrogens with one attached hydrogen (secondary N) is 2. The molecule has 1 aromatic heterocycles. The van der Waals surface area contributed by atoms with Crippen LogP contribution in [0.1, 0.15) is 18.5 Å². The molecule has 1 rings (SSSR count). The molecule has 8 heteroatoms. The Morgan fingerprint density at radius 3 is 2.60 bits per heavy atom. The number of aryl methyl sites for hydroxylation is 1. The summed E-state index contributed by atoms with van der Waals surface area (Å²) in [5.74, 6) is -1.13. The van der Waals surface area contributed by atoms with Gasteiger partial charge in [-0.15, -0.1) is 0 Å². The maximum atomic E-state index is 11.7. The lowest BCUT2D eigenvalue weighted by Gasteiger charge is -2.21. The van der Waals surface area contributed by atoms with E-state index >= 15 is 0 Å². The number of nitrogens with zero attached hydrogens (tertiary/aromatic N) is 3. The van der Waals surface area contributed by atoms with Gasteiger partial charge in [-0.25, -0.2) is 9.59 Å². The Hall–Kier alpha value is -2.09. The molecule has 0 spiro atoms. The smallest absolute Gasteiger partial charge is 0.331 e. The number of carbonyl (C=O) groups excluding carboxylic acids is 1. The van der Waals surface area contributed by atoms with E-state index < -0.39 is 18.0 Å². The first kappa shape index (κ1) is 16.0. The molecule has 0 saturated heterocycles. The maximum absolute atomic E-state index is 11.7. The van der Waals surface area contributed by atoms with Gasteiger partial charge in [-0.05, 0) is 21.0 Å². The van der Waals surface area contributed by atoms with Gasteiger partial charge in [-0.1, -0.05) is 0 Å². The number of carbonyl (C=O) groups is 2. The topological polar surface area (TPSA) is 99.5 Å². The van der Waals surface area contributed by atoms with Crippen LogP contribution in [0.25, 0.3) is 0 Å². The molecule has 0 aliphatic rings. The van der Waals surface area contributed by atoms with E-state index in [1.165, 1.54) is 10.9 Å². The minimum absolute atomic E-state index is 0.155. The Balaban J connectivity index is 2.59. The lowest BCUT2D eigenvalue weighted by atomic mass is 10.1. The van der Waals surface area contributed by atoms with Crippen molar-refractivity contribution in [3.05, 3.63) is 18.0 Å². The number of amides is 2. The average Bonchev–Trinajstić information content (AvgIpc) is 2.78. The Bertz CT molecular complexity index is 471. The average molecular weight is 283 g/mol. The standard InChI is InChI=1S/C12H21N5O3/c1-8(16(2)3)5-13-12(20)15-10(11(18)19)9-6-14-17(4)7-9/h6-8,10H,5H2,1-4H3,(H,18,19)(H2,13,15,20). The van der Waals surface area contributed by atoms with Crippen LogP contribution in [-0.2, 0) is 11.8 Å². The van der Waals surface area contributed by atoms with Gasteiger partial charge in [0.2, 0.25) is 0 Å². The molecule has 3 N–H and O–H groups in total. The highest BCUT2D eigenvalue weighted by molar-refractivity contribution is 5.83. The van der Waals surface area contributed by atoms with Crippen molar-refractivity contribution in [3.63, 3.8) is 0 Å². The number of carboxylic acids is 1. The number of urea groups is 1. The molecule has 0 saturated carbocycles. The first-order chi connectivity index (χ1) is 9.31. The minimum atomic E-state index is -1.13. The number of hydrogen-bond acceptors (Lipinski definition) is 4. The quantitative estimate of drug-likeness (QED) is 0.671. The molecule has 2 amide bonds.